The summed E-state index contributed by atoms with van der Waals surface area (Å²) in [7, 11) is 0. The molecule has 0 aromatic heterocycles. The number of rotatable bonds is 11. The molecule has 1 fully saturated rings. The Labute approximate surface area is 133 Å². The minimum absolute atomic E-state index is 1.04. The third-order valence-corrected chi connectivity index (χ3v) is 4.48. The van der Waals surface area contributed by atoms with Crippen LogP contribution in [0.25, 0.3) is 0 Å². The lowest BCUT2D eigenvalue weighted by atomic mass is 10.1. The quantitative estimate of drug-likeness (QED) is 0.474. The van der Waals surface area contributed by atoms with Crippen molar-refractivity contribution in [3.8, 4) is 0 Å². The molecule has 0 unspecified atom stereocenters. The van der Waals surface area contributed by atoms with Crippen LogP contribution >= 0.6 is 0 Å². The summed E-state index contributed by atoms with van der Waals surface area (Å²) in [5.74, 6) is 1.28. The maximum absolute atomic E-state index is 4.76. The maximum atomic E-state index is 4.76. The monoisotopic (exact) mass is 294 g/mol. The molecule has 0 aromatic rings. The van der Waals surface area contributed by atoms with Crippen molar-refractivity contribution in [1.29, 1.82) is 0 Å². The van der Waals surface area contributed by atoms with E-state index in [9.17, 15) is 0 Å². The van der Waals surface area contributed by atoms with E-state index in [0.717, 1.165) is 13.1 Å². The van der Waals surface area contributed by atoms with Gasteiger partial charge in [0.2, 0.25) is 0 Å². The molecular weight excluding hydrogens is 256 g/mol. The Balaban J connectivity index is 1.87. The van der Waals surface area contributed by atoms with Crippen molar-refractivity contribution in [3.05, 3.63) is 0 Å². The molecule has 0 radical (unpaired) electrons. The number of aliphatic imine (C=N–C) groups is 1. The predicted molar refractivity (Wildman–Crippen MR) is 95.2 cm³/mol. The summed E-state index contributed by atoms with van der Waals surface area (Å²) in [6.07, 6.45) is 20.7. The summed E-state index contributed by atoms with van der Waals surface area (Å²) in [5.41, 5.74) is 0. The van der Waals surface area contributed by atoms with E-state index in [1.807, 2.05) is 0 Å². The van der Waals surface area contributed by atoms with Crippen molar-refractivity contribution < 1.29 is 0 Å². The van der Waals surface area contributed by atoms with Gasteiger partial charge in [-0.3, -0.25) is 4.99 Å². The molecule has 1 N–H and O–H groups in total. The molecule has 0 saturated carbocycles. The molecule has 0 bridgehead atoms. The molecule has 0 aliphatic carbocycles. The van der Waals surface area contributed by atoms with Crippen LogP contribution in [-0.2, 0) is 0 Å². The molecule has 1 aliphatic rings. The van der Waals surface area contributed by atoms with Crippen molar-refractivity contribution in [2.24, 2.45) is 4.99 Å². The van der Waals surface area contributed by atoms with Crippen LogP contribution in [0.2, 0.25) is 0 Å². The maximum Gasteiger partial charge on any atom is 0.0963 e. The van der Waals surface area contributed by atoms with E-state index in [0.29, 0.717) is 0 Å². The molecule has 0 atom stereocenters. The van der Waals surface area contributed by atoms with E-state index in [2.05, 4.69) is 12.2 Å². The SMILES string of the molecule is CCCCCCCCCCCC/N=C1/CCCCCCN1. The molecule has 1 rings (SSSR count). The van der Waals surface area contributed by atoms with E-state index >= 15 is 0 Å². The molecule has 2 heteroatoms. The van der Waals surface area contributed by atoms with Crippen LogP contribution in [0.15, 0.2) is 4.99 Å². The van der Waals surface area contributed by atoms with Crippen LogP contribution in [0.3, 0.4) is 0 Å². The molecule has 1 aliphatic heterocycles. The Bertz CT molecular complexity index is 238. The van der Waals surface area contributed by atoms with Gasteiger partial charge in [-0.15, -0.1) is 0 Å². The van der Waals surface area contributed by atoms with E-state index in [-0.39, 0.29) is 0 Å². The highest BCUT2D eigenvalue weighted by atomic mass is 15.0. The Morgan fingerprint density at radius 2 is 1.38 bits per heavy atom. The molecule has 124 valence electrons. The van der Waals surface area contributed by atoms with Crippen molar-refractivity contribution in [1.82, 2.24) is 5.32 Å². The number of nitrogens with zero attached hydrogens (tertiary/aromatic N) is 1. The van der Waals surface area contributed by atoms with Gasteiger partial charge in [-0.2, -0.15) is 0 Å². The largest absolute Gasteiger partial charge is 0.374 e. The van der Waals surface area contributed by atoms with Gasteiger partial charge in [0.1, 0.15) is 0 Å². The minimum Gasteiger partial charge on any atom is -0.374 e. The average molecular weight is 295 g/mol. The second kappa shape index (κ2) is 14.4. The molecule has 21 heavy (non-hydrogen) atoms. The third-order valence-electron chi connectivity index (χ3n) is 4.48. The first-order valence-corrected chi connectivity index (χ1v) is 9.70. The van der Waals surface area contributed by atoms with E-state index < -0.39 is 0 Å². The molecule has 2 nitrogen and oxygen atoms in total. The fourth-order valence-corrected chi connectivity index (χ4v) is 3.04. The number of unbranched alkanes of at least 4 members (excludes halogenated alkanes) is 9. The van der Waals surface area contributed by atoms with Crippen molar-refractivity contribution in [3.63, 3.8) is 0 Å². The third kappa shape index (κ3) is 11.8. The van der Waals surface area contributed by atoms with Gasteiger partial charge in [-0.1, -0.05) is 77.6 Å². The lowest BCUT2D eigenvalue weighted by Crippen LogP contribution is -2.26. The molecule has 0 spiro atoms. The minimum atomic E-state index is 1.04. The van der Waals surface area contributed by atoms with Crippen LogP contribution in [-0.4, -0.2) is 18.9 Å². The van der Waals surface area contributed by atoms with Gasteiger partial charge >= 0.3 is 0 Å². The molecule has 1 heterocycles. The lowest BCUT2D eigenvalue weighted by molar-refractivity contribution is 0.557. The fourth-order valence-electron chi connectivity index (χ4n) is 3.04. The normalized spacial score (nSPS) is 18.2. The van der Waals surface area contributed by atoms with Gasteiger partial charge in [0.15, 0.2) is 0 Å². The van der Waals surface area contributed by atoms with Crippen LogP contribution < -0.4 is 5.32 Å². The summed E-state index contributed by atoms with van der Waals surface area (Å²) in [5, 5.41) is 3.51. The summed E-state index contributed by atoms with van der Waals surface area (Å²) in [6.45, 7) is 4.46. The second-order valence-electron chi connectivity index (χ2n) is 6.60. The zero-order valence-corrected chi connectivity index (χ0v) is 14.5. The average Bonchev–Trinajstić information content (AvgIpc) is 2.46. The van der Waals surface area contributed by atoms with Gasteiger partial charge in [0, 0.05) is 19.5 Å². The Kier molecular flexibility index (Phi) is 12.7. The predicted octanol–water partition coefficient (Wildman–Crippen LogP) is 5.86. The fraction of sp³-hybridized carbons (Fsp3) is 0.947. The zero-order chi connectivity index (χ0) is 15.0. The van der Waals surface area contributed by atoms with E-state index in [4.69, 9.17) is 4.99 Å². The zero-order valence-electron chi connectivity index (χ0n) is 14.5. The van der Waals surface area contributed by atoms with Gasteiger partial charge in [0.25, 0.3) is 0 Å². The highest BCUT2D eigenvalue weighted by Gasteiger charge is 2.02. The summed E-state index contributed by atoms with van der Waals surface area (Å²) in [4.78, 5) is 4.76. The standard InChI is InChI=1S/C19H38N2/c1-2-3-4-5-6-7-8-9-11-14-17-20-19-16-13-10-12-15-18-21-19/h2-18H2,1H3,(H,20,21). The van der Waals surface area contributed by atoms with Gasteiger partial charge < -0.3 is 5.32 Å². The summed E-state index contributed by atoms with van der Waals surface area (Å²) >= 11 is 0. The smallest absolute Gasteiger partial charge is 0.0963 e. The van der Waals surface area contributed by atoms with Gasteiger partial charge in [0.05, 0.1) is 5.84 Å². The van der Waals surface area contributed by atoms with E-state index in [1.54, 1.807) is 0 Å². The van der Waals surface area contributed by atoms with Crippen LogP contribution in [0, 0.1) is 0 Å². The van der Waals surface area contributed by atoms with Crippen molar-refractivity contribution >= 4 is 5.84 Å². The van der Waals surface area contributed by atoms with E-state index in [1.165, 1.54) is 102 Å². The van der Waals surface area contributed by atoms with Gasteiger partial charge in [-0.25, -0.2) is 0 Å². The van der Waals surface area contributed by atoms with Gasteiger partial charge in [-0.05, 0) is 19.3 Å². The number of hydrogen-bond acceptors (Lipinski definition) is 1. The highest BCUT2D eigenvalue weighted by Crippen LogP contribution is 2.11. The first-order chi connectivity index (χ1) is 10.4. The lowest BCUT2D eigenvalue weighted by Gasteiger charge is -2.13. The molecular formula is C19H38N2. The summed E-state index contributed by atoms with van der Waals surface area (Å²) < 4.78 is 0. The van der Waals surface area contributed by atoms with Crippen LogP contribution in [0.4, 0.5) is 0 Å². The second-order valence-corrected chi connectivity index (χ2v) is 6.60. The van der Waals surface area contributed by atoms with Crippen molar-refractivity contribution in [2.45, 2.75) is 103 Å². The molecule has 0 aromatic carbocycles. The highest BCUT2D eigenvalue weighted by molar-refractivity contribution is 5.82. The summed E-state index contributed by atoms with van der Waals surface area (Å²) in [6, 6.07) is 0. The molecule has 1 saturated heterocycles. The number of hydrogen-bond donors (Lipinski definition) is 1. The topological polar surface area (TPSA) is 24.4 Å². The Hall–Kier alpha value is -0.530. The first kappa shape index (κ1) is 18.5. The Morgan fingerprint density at radius 3 is 2.10 bits per heavy atom. The Morgan fingerprint density at radius 1 is 0.762 bits per heavy atom. The van der Waals surface area contributed by atoms with Crippen LogP contribution in [0.1, 0.15) is 103 Å². The van der Waals surface area contributed by atoms with Crippen LogP contribution in [0.5, 0.6) is 0 Å². The molecule has 0 amide bonds. The number of nitrogens with one attached hydrogen (secondary N) is 1. The first-order valence-electron chi connectivity index (χ1n) is 9.70. The van der Waals surface area contributed by atoms with Crippen molar-refractivity contribution in [2.75, 3.05) is 13.1 Å². The number of amidine groups is 1.